The molecule has 2 aliphatic heterocycles. The van der Waals surface area contributed by atoms with E-state index in [-0.39, 0.29) is 23.1 Å². The first-order chi connectivity index (χ1) is 15.7. The Bertz CT molecular complexity index is 1100. The molecule has 0 unspecified atom stereocenters. The summed E-state index contributed by atoms with van der Waals surface area (Å²) in [5.41, 5.74) is 7.02. The highest BCUT2D eigenvalue weighted by Crippen LogP contribution is 2.27. The Morgan fingerprint density at radius 1 is 1.30 bits per heavy atom. The molecule has 2 aliphatic rings. The number of nitrogens with one attached hydrogen (secondary N) is 2. The number of nitrogens with zero attached hydrogens (tertiary/aromatic N) is 3. The highest BCUT2D eigenvalue weighted by molar-refractivity contribution is 6.39. The van der Waals surface area contributed by atoms with Crippen molar-refractivity contribution in [2.24, 2.45) is 16.6 Å². The topological polar surface area (TPSA) is 147 Å². The third kappa shape index (κ3) is 5.59. The van der Waals surface area contributed by atoms with E-state index in [0.717, 1.165) is 6.42 Å². The quantitative estimate of drug-likeness (QED) is 0.592. The molecule has 10 nitrogen and oxygen atoms in total. The molecule has 4 N–H and O–H groups in total. The second-order valence-corrected chi connectivity index (χ2v) is 7.95. The standard InChI is InChI=1S/C23H26N6O4/c1-4-17-18(6-8-20(30)28-17)26-14(3)19-7-5-13(2)12-29(19)23(33)22(32)27-16-9-15(21(24)31)10-25-11-16/h4,6,8-11,13,19H,3,5,7,12H2,1-2H3,(H2,24,31)(H,27,32)(H,28,30)/b17-4+,26-18?/t13-,19+/m1/s1. The Labute approximate surface area is 191 Å². The van der Waals surface area contributed by atoms with Crippen molar-refractivity contribution in [2.45, 2.75) is 32.7 Å². The molecule has 1 fully saturated rings. The maximum absolute atomic E-state index is 13.1. The summed E-state index contributed by atoms with van der Waals surface area (Å²) in [6, 6.07) is 0.871. The van der Waals surface area contributed by atoms with E-state index in [2.05, 4.69) is 27.2 Å². The Morgan fingerprint density at radius 2 is 2.06 bits per heavy atom. The van der Waals surface area contributed by atoms with E-state index in [1.165, 1.54) is 29.4 Å². The molecule has 4 amide bonds. The van der Waals surface area contributed by atoms with E-state index in [4.69, 9.17) is 5.73 Å². The van der Waals surface area contributed by atoms with E-state index in [0.29, 0.717) is 30.1 Å². The minimum atomic E-state index is -0.864. The third-order valence-electron chi connectivity index (χ3n) is 5.42. The van der Waals surface area contributed by atoms with Gasteiger partial charge in [-0.3, -0.25) is 24.2 Å². The van der Waals surface area contributed by atoms with Crippen LogP contribution in [0.2, 0.25) is 0 Å². The predicted molar refractivity (Wildman–Crippen MR) is 123 cm³/mol. The number of rotatable bonds is 4. The van der Waals surface area contributed by atoms with Crippen molar-refractivity contribution in [3.05, 3.63) is 60.2 Å². The van der Waals surface area contributed by atoms with Gasteiger partial charge in [0.1, 0.15) is 0 Å². The molecule has 0 aliphatic carbocycles. The van der Waals surface area contributed by atoms with Crippen LogP contribution in [-0.2, 0) is 14.4 Å². The average Bonchev–Trinajstić information content (AvgIpc) is 2.79. The number of anilines is 1. The number of hydrogen-bond donors (Lipinski definition) is 3. The fourth-order valence-electron chi connectivity index (χ4n) is 3.71. The average molecular weight is 450 g/mol. The van der Waals surface area contributed by atoms with Crippen LogP contribution in [0.3, 0.4) is 0 Å². The van der Waals surface area contributed by atoms with Gasteiger partial charge in [-0.15, -0.1) is 0 Å². The smallest absolute Gasteiger partial charge is 0.313 e. The Morgan fingerprint density at radius 3 is 2.76 bits per heavy atom. The molecule has 1 aromatic rings. The van der Waals surface area contributed by atoms with E-state index < -0.39 is 23.8 Å². The van der Waals surface area contributed by atoms with Crippen LogP contribution >= 0.6 is 0 Å². The van der Waals surface area contributed by atoms with Gasteiger partial charge in [-0.05, 0) is 37.8 Å². The number of carbonyl (C=O) groups excluding carboxylic acids is 4. The Kier molecular flexibility index (Phi) is 7.17. The molecular weight excluding hydrogens is 424 g/mol. The van der Waals surface area contributed by atoms with Crippen molar-refractivity contribution in [3.8, 4) is 0 Å². The maximum atomic E-state index is 13.1. The number of allylic oxidation sites excluding steroid dienone is 2. The summed E-state index contributed by atoms with van der Waals surface area (Å²) in [7, 11) is 0. The van der Waals surface area contributed by atoms with Gasteiger partial charge in [0, 0.05) is 18.8 Å². The van der Waals surface area contributed by atoms with Crippen molar-refractivity contribution < 1.29 is 19.2 Å². The highest BCUT2D eigenvalue weighted by atomic mass is 16.2. The summed E-state index contributed by atoms with van der Waals surface area (Å²) in [6.07, 6.45) is 8.70. The number of piperidine rings is 1. The van der Waals surface area contributed by atoms with Crippen LogP contribution < -0.4 is 16.4 Å². The Balaban J connectivity index is 1.80. The first kappa shape index (κ1) is 23.6. The second kappa shape index (κ2) is 10.0. The third-order valence-corrected chi connectivity index (χ3v) is 5.42. The van der Waals surface area contributed by atoms with Crippen molar-refractivity contribution in [1.82, 2.24) is 15.2 Å². The lowest BCUT2D eigenvalue weighted by Gasteiger charge is -2.38. The van der Waals surface area contributed by atoms with Crippen LogP contribution in [0.1, 0.15) is 37.0 Å². The number of nitrogens with two attached hydrogens (primary N) is 1. The summed E-state index contributed by atoms with van der Waals surface area (Å²) in [4.78, 5) is 58.6. The monoisotopic (exact) mass is 450 g/mol. The van der Waals surface area contributed by atoms with Gasteiger partial charge in [0.2, 0.25) is 11.8 Å². The zero-order valence-corrected chi connectivity index (χ0v) is 18.5. The number of amides is 4. The normalized spacial score (nSPS) is 22.7. The summed E-state index contributed by atoms with van der Waals surface area (Å²) < 4.78 is 0. The molecule has 0 spiro atoms. The van der Waals surface area contributed by atoms with Crippen LogP contribution in [-0.4, -0.2) is 51.8 Å². The van der Waals surface area contributed by atoms with Crippen LogP contribution in [0.25, 0.3) is 0 Å². The van der Waals surface area contributed by atoms with E-state index >= 15 is 0 Å². The van der Waals surface area contributed by atoms with E-state index in [1.54, 1.807) is 19.1 Å². The van der Waals surface area contributed by atoms with Crippen LogP contribution in [0.4, 0.5) is 5.69 Å². The molecule has 0 aromatic carbocycles. The minimum absolute atomic E-state index is 0.112. The van der Waals surface area contributed by atoms with Gasteiger partial charge in [-0.25, -0.2) is 4.99 Å². The lowest BCUT2D eigenvalue weighted by molar-refractivity contribution is -0.145. The number of hydrogen-bond acceptors (Lipinski definition) is 6. The fourth-order valence-corrected chi connectivity index (χ4v) is 3.71. The van der Waals surface area contributed by atoms with Gasteiger partial charge in [0.05, 0.1) is 40.6 Å². The molecule has 172 valence electrons. The lowest BCUT2D eigenvalue weighted by Crippen LogP contribution is -2.51. The van der Waals surface area contributed by atoms with Gasteiger partial charge in [-0.1, -0.05) is 19.6 Å². The zero-order chi connectivity index (χ0) is 24.1. The first-order valence-corrected chi connectivity index (χ1v) is 10.5. The first-order valence-electron chi connectivity index (χ1n) is 10.5. The summed E-state index contributed by atoms with van der Waals surface area (Å²) in [6.45, 7) is 8.18. The summed E-state index contributed by atoms with van der Waals surface area (Å²) >= 11 is 0. The number of aliphatic imine (C=N–C) groups is 1. The minimum Gasteiger partial charge on any atom is -0.366 e. The van der Waals surface area contributed by atoms with Crippen LogP contribution in [0, 0.1) is 5.92 Å². The van der Waals surface area contributed by atoms with E-state index in [1.807, 2.05) is 6.92 Å². The van der Waals surface area contributed by atoms with Gasteiger partial charge < -0.3 is 21.3 Å². The number of carbonyl (C=O) groups is 4. The molecule has 0 saturated carbocycles. The van der Waals surface area contributed by atoms with Crippen molar-refractivity contribution in [2.75, 3.05) is 11.9 Å². The number of pyridine rings is 1. The molecule has 3 rings (SSSR count). The van der Waals surface area contributed by atoms with E-state index in [9.17, 15) is 19.2 Å². The van der Waals surface area contributed by atoms with Crippen molar-refractivity contribution in [1.29, 1.82) is 0 Å². The number of likely N-dealkylation sites (tertiary alicyclic amines) is 1. The SMILES string of the molecule is C=C(N=C1C=CC(=O)N/C1=C/C)[C@@H]1CC[C@@H](C)CN1C(=O)C(=O)Nc1cncc(C(N)=O)c1. The second-order valence-electron chi connectivity index (χ2n) is 7.95. The molecular formula is C23H26N6O4. The molecule has 3 heterocycles. The molecule has 2 atom stereocenters. The zero-order valence-electron chi connectivity index (χ0n) is 18.5. The molecule has 33 heavy (non-hydrogen) atoms. The number of primary amides is 1. The summed E-state index contributed by atoms with van der Waals surface area (Å²) in [5, 5.41) is 5.18. The lowest BCUT2D eigenvalue weighted by atomic mass is 9.92. The molecule has 0 bridgehead atoms. The van der Waals surface area contributed by atoms with Crippen LogP contribution in [0.5, 0.6) is 0 Å². The molecule has 1 saturated heterocycles. The Hall–Kier alpha value is -4.08. The van der Waals surface area contributed by atoms with Gasteiger partial charge in [-0.2, -0.15) is 0 Å². The molecule has 1 aromatic heterocycles. The van der Waals surface area contributed by atoms with Gasteiger partial charge in [0.25, 0.3) is 0 Å². The number of aromatic nitrogens is 1. The maximum Gasteiger partial charge on any atom is 0.313 e. The fraction of sp³-hybridized carbons (Fsp3) is 0.304. The van der Waals surface area contributed by atoms with Crippen molar-refractivity contribution >= 4 is 35.0 Å². The predicted octanol–water partition coefficient (Wildman–Crippen LogP) is 1.29. The molecule has 10 heteroatoms. The highest BCUT2D eigenvalue weighted by Gasteiger charge is 2.35. The summed E-state index contributed by atoms with van der Waals surface area (Å²) in [5.74, 6) is -2.35. The molecule has 0 radical (unpaired) electrons. The van der Waals surface area contributed by atoms with Crippen LogP contribution in [0.15, 0.2) is 59.7 Å². The largest absolute Gasteiger partial charge is 0.366 e. The van der Waals surface area contributed by atoms with Crippen molar-refractivity contribution in [3.63, 3.8) is 0 Å². The van der Waals surface area contributed by atoms with Gasteiger partial charge >= 0.3 is 11.8 Å². The van der Waals surface area contributed by atoms with Gasteiger partial charge in [0.15, 0.2) is 0 Å².